The highest BCUT2D eigenvalue weighted by Crippen LogP contribution is 2.16. The number of sulfonamides is 1. The first-order chi connectivity index (χ1) is 8.31. The van der Waals surface area contributed by atoms with Crippen molar-refractivity contribution in [1.82, 2.24) is 9.78 Å². The minimum atomic E-state index is -3.47. The Balaban J connectivity index is 2.57. The minimum absolute atomic E-state index is 0.0629. The Hall–Kier alpha value is -1.08. The predicted octanol–water partition coefficient (Wildman–Crippen LogP) is 0.842. The molecule has 1 aromatic heterocycles. The number of nitrogens with two attached hydrogens (primary N) is 1. The Labute approximate surface area is 108 Å². The molecule has 1 aromatic rings. The second-order valence-electron chi connectivity index (χ2n) is 4.68. The molecule has 2 N–H and O–H groups in total. The third-order valence-corrected chi connectivity index (χ3v) is 3.68. The number of hydrogen-bond donors (Lipinski definition) is 1. The summed E-state index contributed by atoms with van der Waals surface area (Å²) in [5.41, 5.74) is 0. The molecule has 18 heavy (non-hydrogen) atoms. The molecule has 0 bridgehead atoms. The lowest BCUT2D eigenvalue weighted by Gasteiger charge is -2.19. The second kappa shape index (κ2) is 6.19. The summed E-state index contributed by atoms with van der Waals surface area (Å²) in [4.78, 5) is 0. The van der Waals surface area contributed by atoms with Crippen LogP contribution in [-0.2, 0) is 16.6 Å². The van der Waals surface area contributed by atoms with Crippen LogP contribution < -0.4 is 9.88 Å². The summed E-state index contributed by atoms with van der Waals surface area (Å²) >= 11 is 0. The highest BCUT2D eigenvalue weighted by atomic mass is 32.2. The molecule has 0 spiro atoms. The van der Waals surface area contributed by atoms with E-state index in [1.807, 2.05) is 20.8 Å². The van der Waals surface area contributed by atoms with Crippen LogP contribution in [0.5, 0.6) is 5.75 Å². The highest BCUT2D eigenvalue weighted by molar-refractivity contribution is 7.89. The monoisotopic (exact) mass is 275 g/mol. The number of aromatic nitrogens is 2. The summed E-state index contributed by atoms with van der Waals surface area (Å²) in [7, 11) is -3.47. The lowest BCUT2D eigenvalue weighted by molar-refractivity contribution is 0.224. The van der Waals surface area contributed by atoms with Crippen LogP contribution in [-0.4, -0.2) is 30.6 Å². The molecular formula is C11H21N3O3S. The van der Waals surface area contributed by atoms with E-state index in [-0.39, 0.29) is 17.6 Å². The van der Waals surface area contributed by atoms with Crippen LogP contribution in [0.4, 0.5) is 0 Å². The summed E-state index contributed by atoms with van der Waals surface area (Å²) in [5.74, 6) is 0.651. The number of nitrogens with zero attached hydrogens (tertiary/aromatic N) is 2. The highest BCUT2D eigenvalue weighted by Gasteiger charge is 2.20. The molecule has 0 amide bonds. The Kier molecular flexibility index (Phi) is 5.15. The summed E-state index contributed by atoms with van der Waals surface area (Å²) < 4.78 is 29.5. The number of ether oxygens (including phenoxy) is 1. The van der Waals surface area contributed by atoms with Gasteiger partial charge in [-0.25, -0.2) is 13.6 Å². The normalized spacial score (nSPS) is 13.8. The van der Waals surface area contributed by atoms with Crippen molar-refractivity contribution in [2.45, 2.75) is 27.3 Å². The van der Waals surface area contributed by atoms with Crippen LogP contribution in [0, 0.1) is 11.8 Å². The van der Waals surface area contributed by atoms with Crippen LogP contribution >= 0.6 is 0 Å². The van der Waals surface area contributed by atoms with Crippen molar-refractivity contribution in [2.24, 2.45) is 17.0 Å². The van der Waals surface area contributed by atoms with Gasteiger partial charge in [0.1, 0.15) is 0 Å². The van der Waals surface area contributed by atoms with Gasteiger partial charge >= 0.3 is 0 Å². The molecule has 0 aromatic carbocycles. The second-order valence-corrected chi connectivity index (χ2v) is 6.34. The Morgan fingerprint density at radius 3 is 2.61 bits per heavy atom. The van der Waals surface area contributed by atoms with Crippen LogP contribution in [0.1, 0.15) is 20.8 Å². The Morgan fingerprint density at radius 1 is 1.50 bits per heavy atom. The molecule has 0 aliphatic rings. The first kappa shape index (κ1) is 15.0. The van der Waals surface area contributed by atoms with Gasteiger partial charge in [-0.3, -0.25) is 4.68 Å². The van der Waals surface area contributed by atoms with Gasteiger partial charge in [0.05, 0.1) is 24.8 Å². The van der Waals surface area contributed by atoms with Crippen LogP contribution in [0.25, 0.3) is 0 Å². The van der Waals surface area contributed by atoms with Gasteiger partial charge in [-0.2, -0.15) is 5.10 Å². The molecule has 0 aliphatic heterocycles. The largest absolute Gasteiger partial charge is 0.490 e. The molecule has 1 rings (SSSR count). The first-order valence-electron chi connectivity index (χ1n) is 5.97. The fraction of sp³-hybridized carbons (Fsp3) is 0.727. The topological polar surface area (TPSA) is 87.2 Å². The maximum Gasteiger partial charge on any atom is 0.209 e. The van der Waals surface area contributed by atoms with E-state index in [4.69, 9.17) is 9.88 Å². The molecule has 0 fully saturated rings. The maximum atomic E-state index is 11.1. The van der Waals surface area contributed by atoms with Crippen LogP contribution in [0.2, 0.25) is 0 Å². The van der Waals surface area contributed by atoms with E-state index >= 15 is 0 Å². The van der Waals surface area contributed by atoms with E-state index in [2.05, 4.69) is 5.10 Å². The van der Waals surface area contributed by atoms with Gasteiger partial charge in [0.25, 0.3) is 0 Å². The van der Waals surface area contributed by atoms with Crippen molar-refractivity contribution >= 4 is 10.0 Å². The third-order valence-electron chi connectivity index (χ3n) is 2.79. The number of rotatable bonds is 7. The zero-order chi connectivity index (χ0) is 13.8. The summed E-state index contributed by atoms with van der Waals surface area (Å²) in [6.45, 7) is 6.98. The van der Waals surface area contributed by atoms with Crippen molar-refractivity contribution in [3.63, 3.8) is 0 Å². The van der Waals surface area contributed by atoms with Crippen molar-refractivity contribution in [3.8, 4) is 5.75 Å². The van der Waals surface area contributed by atoms with Gasteiger partial charge in [-0.05, 0) is 12.8 Å². The molecular weight excluding hydrogens is 254 g/mol. The van der Waals surface area contributed by atoms with Gasteiger partial charge in [-0.1, -0.05) is 13.8 Å². The summed E-state index contributed by atoms with van der Waals surface area (Å²) in [6, 6.07) is 0. The lowest BCUT2D eigenvalue weighted by Crippen LogP contribution is -2.30. The zero-order valence-electron chi connectivity index (χ0n) is 11.0. The SMILES string of the molecule is CCn1cc(OCC(CS(N)(=O)=O)C(C)C)cn1. The molecule has 1 heterocycles. The van der Waals surface area contributed by atoms with Gasteiger partial charge in [-0.15, -0.1) is 0 Å². The maximum absolute atomic E-state index is 11.1. The fourth-order valence-electron chi connectivity index (χ4n) is 1.53. The van der Waals surface area contributed by atoms with E-state index in [1.54, 1.807) is 17.1 Å². The van der Waals surface area contributed by atoms with Crippen molar-refractivity contribution in [2.75, 3.05) is 12.4 Å². The van der Waals surface area contributed by atoms with Gasteiger partial charge in [0.15, 0.2) is 5.75 Å². The molecule has 1 unspecified atom stereocenters. The summed E-state index contributed by atoms with van der Waals surface area (Å²) in [5, 5.41) is 9.15. The van der Waals surface area contributed by atoms with Gasteiger partial charge in [0, 0.05) is 12.5 Å². The number of primary sulfonamides is 1. The molecule has 104 valence electrons. The van der Waals surface area contributed by atoms with E-state index in [9.17, 15) is 8.42 Å². The van der Waals surface area contributed by atoms with E-state index in [0.717, 1.165) is 6.54 Å². The van der Waals surface area contributed by atoms with E-state index in [0.29, 0.717) is 12.4 Å². The first-order valence-corrected chi connectivity index (χ1v) is 7.69. The quantitative estimate of drug-likeness (QED) is 0.799. The average Bonchev–Trinajstić information content (AvgIpc) is 2.70. The third kappa shape index (κ3) is 5.05. The molecule has 7 heteroatoms. The van der Waals surface area contributed by atoms with Crippen molar-refractivity contribution in [1.29, 1.82) is 0 Å². The molecule has 1 atom stereocenters. The molecule has 0 saturated carbocycles. The zero-order valence-corrected chi connectivity index (χ0v) is 11.9. The van der Waals surface area contributed by atoms with Gasteiger partial charge in [0.2, 0.25) is 10.0 Å². The molecule has 0 saturated heterocycles. The fourth-order valence-corrected chi connectivity index (χ4v) is 2.60. The smallest absolute Gasteiger partial charge is 0.209 e. The Morgan fingerprint density at radius 2 is 2.17 bits per heavy atom. The lowest BCUT2D eigenvalue weighted by atomic mass is 9.99. The van der Waals surface area contributed by atoms with Crippen molar-refractivity contribution in [3.05, 3.63) is 12.4 Å². The minimum Gasteiger partial charge on any atom is -0.490 e. The van der Waals surface area contributed by atoms with Crippen LogP contribution in [0.3, 0.4) is 0 Å². The van der Waals surface area contributed by atoms with E-state index in [1.165, 1.54) is 0 Å². The molecule has 0 aliphatic carbocycles. The average molecular weight is 275 g/mol. The number of aryl methyl sites for hydroxylation is 1. The van der Waals surface area contributed by atoms with Gasteiger partial charge < -0.3 is 4.74 Å². The summed E-state index contributed by atoms with van der Waals surface area (Å²) in [6.07, 6.45) is 3.41. The molecule has 6 nitrogen and oxygen atoms in total. The predicted molar refractivity (Wildman–Crippen MR) is 69.7 cm³/mol. The molecule has 0 radical (unpaired) electrons. The van der Waals surface area contributed by atoms with Crippen molar-refractivity contribution < 1.29 is 13.2 Å². The van der Waals surface area contributed by atoms with E-state index < -0.39 is 10.0 Å². The number of hydrogen-bond acceptors (Lipinski definition) is 4. The Bertz CT molecular complexity index is 468. The standard InChI is InChI=1S/C11H21N3O3S/c1-4-14-6-11(5-13-14)17-7-10(9(2)3)8-18(12,15)16/h5-6,9-10H,4,7-8H2,1-3H3,(H2,12,15,16). The van der Waals surface area contributed by atoms with Crippen LogP contribution in [0.15, 0.2) is 12.4 Å².